The standard InChI is InChI=1S/C18H13F3N4O/c19-18(20,21)14-6-7-16-23-17(11-24(16)9-14)25-10-15(8-22-25)26-12-13-4-2-1-3-5-13/h1-11H,12H2. The molecule has 8 heteroatoms. The van der Waals surface area contributed by atoms with E-state index in [0.717, 1.165) is 17.8 Å². The molecule has 0 aliphatic carbocycles. The van der Waals surface area contributed by atoms with Crippen molar-refractivity contribution >= 4 is 5.65 Å². The Bertz CT molecular complexity index is 1040. The lowest BCUT2D eigenvalue weighted by Crippen LogP contribution is -2.05. The number of pyridine rings is 1. The van der Waals surface area contributed by atoms with Gasteiger partial charge in [0.05, 0.1) is 24.2 Å². The minimum atomic E-state index is -4.40. The molecule has 0 bridgehead atoms. The fraction of sp³-hybridized carbons (Fsp3) is 0.111. The summed E-state index contributed by atoms with van der Waals surface area (Å²) in [5, 5.41) is 4.16. The zero-order chi connectivity index (χ0) is 18.1. The summed E-state index contributed by atoms with van der Waals surface area (Å²) in [4.78, 5) is 4.28. The number of imidazole rings is 1. The van der Waals surface area contributed by atoms with Gasteiger partial charge in [0.25, 0.3) is 0 Å². The number of aromatic nitrogens is 4. The second kappa shape index (κ2) is 6.21. The average Bonchev–Trinajstić information content (AvgIpc) is 3.26. The van der Waals surface area contributed by atoms with E-state index in [9.17, 15) is 13.2 Å². The minimum absolute atomic E-state index is 0.395. The van der Waals surface area contributed by atoms with Crippen molar-refractivity contribution in [3.63, 3.8) is 0 Å². The monoisotopic (exact) mass is 358 g/mol. The van der Waals surface area contributed by atoms with Crippen LogP contribution in [0.15, 0.2) is 67.3 Å². The smallest absolute Gasteiger partial charge is 0.417 e. The van der Waals surface area contributed by atoms with E-state index >= 15 is 0 Å². The molecule has 0 spiro atoms. The molecule has 1 aromatic carbocycles. The molecule has 3 aromatic heterocycles. The first-order valence-corrected chi connectivity index (χ1v) is 7.77. The van der Waals surface area contributed by atoms with E-state index in [1.165, 1.54) is 27.5 Å². The number of hydrogen-bond donors (Lipinski definition) is 0. The molecule has 3 heterocycles. The van der Waals surface area contributed by atoms with E-state index in [1.54, 1.807) is 6.20 Å². The molecule has 0 N–H and O–H groups in total. The van der Waals surface area contributed by atoms with Crippen LogP contribution in [-0.2, 0) is 12.8 Å². The van der Waals surface area contributed by atoms with Gasteiger partial charge in [-0.1, -0.05) is 30.3 Å². The summed E-state index contributed by atoms with van der Waals surface area (Å²) in [7, 11) is 0. The van der Waals surface area contributed by atoms with Crippen LogP contribution in [0.1, 0.15) is 11.1 Å². The van der Waals surface area contributed by atoms with Crippen molar-refractivity contribution in [3.05, 3.63) is 78.4 Å². The first-order chi connectivity index (χ1) is 12.5. The molecule has 4 aromatic rings. The predicted octanol–water partition coefficient (Wildman–Crippen LogP) is 4.12. The number of benzene rings is 1. The molecule has 0 amide bonds. The van der Waals surface area contributed by atoms with Crippen molar-refractivity contribution < 1.29 is 17.9 Å². The summed E-state index contributed by atoms with van der Waals surface area (Å²) < 4.78 is 46.9. The van der Waals surface area contributed by atoms with Crippen molar-refractivity contribution in [1.82, 2.24) is 19.2 Å². The normalized spacial score (nSPS) is 11.8. The third-order valence-corrected chi connectivity index (χ3v) is 3.81. The summed E-state index contributed by atoms with van der Waals surface area (Å²) in [6.45, 7) is 0.395. The number of fused-ring (bicyclic) bond motifs is 1. The molecule has 4 rings (SSSR count). The summed E-state index contributed by atoms with van der Waals surface area (Å²) in [5.41, 5.74) is 0.684. The van der Waals surface area contributed by atoms with E-state index in [2.05, 4.69) is 10.1 Å². The van der Waals surface area contributed by atoms with Gasteiger partial charge < -0.3 is 9.14 Å². The third-order valence-electron chi connectivity index (χ3n) is 3.81. The molecule has 0 radical (unpaired) electrons. The fourth-order valence-electron chi connectivity index (χ4n) is 2.50. The number of hydrogen-bond acceptors (Lipinski definition) is 3. The van der Waals surface area contributed by atoms with Crippen LogP contribution in [0, 0.1) is 0 Å². The molecule has 26 heavy (non-hydrogen) atoms. The first kappa shape index (κ1) is 16.2. The molecule has 0 atom stereocenters. The zero-order valence-corrected chi connectivity index (χ0v) is 13.4. The minimum Gasteiger partial charge on any atom is -0.486 e. The largest absolute Gasteiger partial charge is 0.486 e. The van der Waals surface area contributed by atoms with Crippen LogP contribution < -0.4 is 4.74 Å². The summed E-state index contributed by atoms with van der Waals surface area (Å²) in [6, 6.07) is 12.0. The van der Waals surface area contributed by atoms with Gasteiger partial charge in [-0.2, -0.15) is 18.3 Å². The molecular weight excluding hydrogens is 345 g/mol. The lowest BCUT2D eigenvalue weighted by molar-refractivity contribution is -0.137. The zero-order valence-electron chi connectivity index (χ0n) is 13.4. The topological polar surface area (TPSA) is 44.3 Å². The van der Waals surface area contributed by atoms with Crippen molar-refractivity contribution in [1.29, 1.82) is 0 Å². The Morgan fingerprint density at radius 2 is 1.77 bits per heavy atom. The third kappa shape index (κ3) is 3.26. The highest BCUT2D eigenvalue weighted by Gasteiger charge is 2.30. The molecule has 0 unspecified atom stereocenters. The van der Waals surface area contributed by atoms with Crippen molar-refractivity contribution in [2.45, 2.75) is 12.8 Å². The van der Waals surface area contributed by atoms with Crippen LogP contribution in [0.4, 0.5) is 13.2 Å². The van der Waals surface area contributed by atoms with Gasteiger partial charge in [-0.15, -0.1) is 0 Å². The number of nitrogens with zero attached hydrogens (tertiary/aromatic N) is 4. The number of rotatable bonds is 4. The predicted molar refractivity (Wildman–Crippen MR) is 88.1 cm³/mol. The maximum atomic E-state index is 12.8. The molecule has 0 saturated heterocycles. The Morgan fingerprint density at radius 3 is 2.54 bits per heavy atom. The van der Waals surface area contributed by atoms with Gasteiger partial charge in [0.15, 0.2) is 11.6 Å². The Hall–Kier alpha value is -3.29. The van der Waals surface area contributed by atoms with Crippen LogP contribution in [0.5, 0.6) is 5.75 Å². The quantitative estimate of drug-likeness (QED) is 0.551. The highest BCUT2D eigenvalue weighted by atomic mass is 19.4. The van der Waals surface area contributed by atoms with E-state index in [-0.39, 0.29) is 0 Å². The molecular formula is C18H13F3N4O. The van der Waals surface area contributed by atoms with Crippen molar-refractivity contribution in [3.8, 4) is 11.6 Å². The Kier molecular flexibility index (Phi) is 3.87. The lowest BCUT2D eigenvalue weighted by Gasteiger charge is -2.05. The summed E-state index contributed by atoms with van der Waals surface area (Å²) >= 11 is 0. The van der Waals surface area contributed by atoms with Gasteiger partial charge in [-0.25, -0.2) is 9.67 Å². The highest BCUT2D eigenvalue weighted by molar-refractivity contribution is 5.45. The number of halogens is 3. The van der Waals surface area contributed by atoms with E-state index < -0.39 is 11.7 Å². The number of ether oxygens (including phenoxy) is 1. The van der Waals surface area contributed by atoms with Gasteiger partial charge in [-0.3, -0.25) is 0 Å². The molecule has 5 nitrogen and oxygen atoms in total. The van der Waals surface area contributed by atoms with Crippen LogP contribution in [-0.4, -0.2) is 19.2 Å². The van der Waals surface area contributed by atoms with Gasteiger partial charge in [0.1, 0.15) is 12.3 Å². The second-order valence-corrected chi connectivity index (χ2v) is 5.67. The Labute approximate surface area is 146 Å². The summed E-state index contributed by atoms with van der Waals surface area (Å²) in [5.74, 6) is 0.945. The second-order valence-electron chi connectivity index (χ2n) is 5.67. The van der Waals surface area contributed by atoms with Gasteiger partial charge in [0, 0.05) is 6.20 Å². The number of alkyl halides is 3. The first-order valence-electron chi connectivity index (χ1n) is 7.77. The van der Waals surface area contributed by atoms with E-state index in [0.29, 0.717) is 23.8 Å². The van der Waals surface area contributed by atoms with Crippen LogP contribution in [0.25, 0.3) is 11.5 Å². The average molecular weight is 358 g/mol. The SMILES string of the molecule is FC(F)(F)c1ccc2nc(-n3cc(OCc4ccccc4)cn3)cn2c1. The fourth-order valence-corrected chi connectivity index (χ4v) is 2.50. The van der Waals surface area contributed by atoms with Gasteiger partial charge >= 0.3 is 6.18 Å². The van der Waals surface area contributed by atoms with Crippen LogP contribution in [0.2, 0.25) is 0 Å². The maximum absolute atomic E-state index is 12.8. The molecule has 132 valence electrons. The molecule has 0 saturated carbocycles. The Morgan fingerprint density at radius 1 is 0.962 bits per heavy atom. The molecule has 0 fully saturated rings. The van der Waals surface area contributed by atoms with E-state index in [1.807, 2.05) is 30.3 Å². The van der Waals surface area contributed by atoms with Crippen LogP contribution in [0.3, 0.4) is 0 Å². The Balaban J connectivity index is 1.55. The van der Waals surface area contributed by atoms with E-state index in [4.69, 9.17) is 4.74 Å². The van der Waals surface area contributed by atoms with Crippen LogP contribution >= 0.6 is 0 Å². The maximum Gasteiger partial charge on any atom is 0.417 e. The highest BCUT2D eigenvalue weighted by Crippen LogP contribution is 2.29. The lowest BCUT2D eigenvalue weighted by atomic mass is 10.2. The molecule has 0 aliphatic rings. The van der Waals surface area contributed by atoms with Gasteiger partial charge in [0.2, 0.25) is 0 Å². The summed E-state index contributed by atoms with van der Waals surface area (Å²) in [6.07, 6.45) is 1.26. The van der Waals surface area contributed by atoms with Crippen molar-refractivity contribution in [2.75, 3.05) is 0 Å². The van der Waals surface area contributed by atoms with Crippen molar-refractivity contribution in [2.24, 2.45) is 0 Å². The van der Waals surface area contributed by atoms with Gasteiger partial charge in [-0.05, 0) is 17.7 Å². The molecule has 0 aliphatic heterocycles.